The molecule has 0 aliphatic heterocycles. The van der Waals surface area contributed by atoms with Gasteiger partial charge in [-0.1, -0.05) is 17.7 Å². The van der Waals surface area contributed by atoms with Crippen LogP contribution in [0, 0.1) is 12.7 Å². The zero-order valence-electron chi connectivity index (χ0n) is 6.65. The number of benzene rings is 1. The van der Waals surface area contributed by atoms with Crippen LogP contribution in [0.2, 0.25) is 5.02 Å². The molecular formula is C8H6ClF3O. The standard InChI is InChI=1S/C8H6ClF3O/c1-4-2-3-5(10)7(6(4)9)13-8(11)12/h2-3,8H,1H3. The second kappa shape index (κ2) is 3.87. The molecule has 0 amide bonds. The van der Waals surface area contributed by atoms with Crippen molar-refractivity contribution in [3.8, 4) is 5.75 Å². The summed E-state index contributed by atoms with van der Waals surface area (Å²) in [6.45, 7) is -1.51. The van der Waals surface area contributed by atoms with Crippen molar-refractivity contribution >= 4 is 11.6 Å². The van der Waals surface area contributed by atoms with Gasteiger partial charge in [0.25, 0.3) is 0 Å². The average Bonchev–Trinajstić information content (AvgIpc) is 2.05. The van der Waals surface area contributed by atoms with Crippen molar-refractivity contribution in [3.63, 3.8) is 0 Å². The Morgan fingerprint density at radius 3 is 2.54 bits per heavy atom. The second-order valence-corrected chi connectivity index (χ2v) is 2.76. The quantitative estimate of drug-likeness (QED) is 0.727. The lowest BCUT2D eigenvalue weighted by atomic mass is 10.2. The van der Waals surface area contributed by atoms with Gasteiger partial charge in [-0.25, -0.2) is 4.39 Å². The summed E-state index contributed by atoms with van der Waals surface area (Å²) in [5.41, 5.74) is 0.485. The lowest BCUT2D eigenvalue weighted by molar-refractivity contribution is -0.0521. The number of halogens is 4. The number of alkyl halides is 2. The molecule has 1 aromatic rings. The van der Waals surface area contributed by atoms with Crippen molar-refractivity contribution in [1.82, 2.24) is 0 Å². The summed E-state index contributed by atoms with van der Waals surface area (Å²) in [6, 6.07) is 2.41. The molecule has 0 unspecified atom stereocenters. The van der Waals surface area contributed by atoms with E-state index in [1.54, 1.807) is 6.92 Å². The monoisotopic (exact) mass is 210 g/mol. The lowest BCUT2D eigenvalue weighted by Gasteiger charge is -2.08. The highest BCUT2D eigenvalue weighted by Gasteiger charge is 2.15. The van der Waals surface area contributed by atoms with Gasteiger partial charge in [0.2, 0.25) is 0 Å². The van der Waals surface area contributed by atoms with E-state index in [1.807, 2.05) is 0 Å². The number of hydrogen-bond donors (Lipinski definition) is 0. The summed E-state index contributed by atoms with van der Waals surface area (Å²) < 4.78 is 40.3. The first-order valence-corrected chi connectivity index (χ1v) is 3.79. The Hall–Kier alpha value is -0.900. The molecule has 1 nitrogen and oxygen atoms in total. The van der Waals surface area contributed by atoms with Gasteiger partial charge in [0.1, 0.15) is 0 Å². The minimum atomic E-state index is -3.08. The van der Waals surface area contributed by atoms with Crippen LogP contribution >= 0.6 is 11.6 Å². The molecule has 0 saturated heterocycles. The van der Waals surface area contributed by atoms with Gasteiger partial charge in [-0.15, -0.1) is 0 Å². The molecule has 0 saturated carbocycles. The Morgan fingerprint density at radius 2 is 2.00 bits per heavy atom. The maximum absolute atomic E-state index is 12.8. The third kappa shape index (κ3) is 2.28. The Bertz CT molecular complexity index is 315. The number of rotatable bonds is 2. The van der Waals surface area contributed by atoms with Gasteiger partial charge in [0.15, 0.2) is 11.6 Å². The molecule has 0 heterocycles. The summed E-state index contributed by atoms with van der Waals surface area (Å²) in [4.78, 5) is 0. The van der Waals surface area contributed by atoms with Gasteiger partial charge in [-0.05, 0) is 18.6 Å². The first-order valence-electron chi connectivity index (χ1n) is 3.41. The fourth-order valence-electron chi connectivity index (χ4n) is 0.828. The van der Waals surface area contributed by atoms with Crippen LogP contribution in [0.3, 0.4) is 0 Å². The van der Waals surface area contributed by atoms with Crippen molar-refractivity contribution in [1.29, 1.82) is 0 Å². The maximum atomic E-state index is 12.8. The van der Waals surface area contributed by atoms with Crippen LogP contribution in [0.25, 0.3) is 0 Å². The molecule has 0 fully saturated rings. The topological polar surface area (TPSA) is 9.23 Å². The first-order chi connectivity index (χ1) is 6.02. The molecule has 1 aromatic carbocycles. The molecule has 0 aliphatic rings. The van der Waals surface area contributed by atoms with Gasteiger partial charge >= 0.3 is 6.61 Å². The highest BCUT2D eigenvalue weighted by Crippen LogP contribution is 2.31. The van der Waals surface area contributed by atoms with E-state index in [9.17, 15) is 13.2 Å². The van der Waals surface area contributed by atoms with Crippen LogP contribution in [0.1, 0.15) is 5.56 Å². The number of aryl methyl sites for hydroxylation is 1. The predicted molar refractivity (Wildman–Crippen MR) is 42.8 cm³/mol. The third-order valence-corrected chi connectivity index (χ3v) is 1.92. The van der Waals surface area contributed by atoms with Crippen molar-refractivity contribution in [2.75, 3.05) is 0 Å². The van der Waals surface area contributed by atoms with Crippen LogP contribution in [0.5, 0.6) is 5.75 Å². The third-order valence-electron chi connectivity index (χ3n) is 1.45. The first kappa shape index (κ1) is 10.2. The fourth-order valence-corrected chi connectivity index (χ4v) is 1.03. The summed E-state index contributed by atoms with van der Waals surface area (Å²) >= 11 is 5.54. The van der Waals surface area contributed by atoms with Crippen molar-refractivity contribution in [2.24, 2.45) is 0 Å². The highest BCUT2D eigenvalue weighted by atomic mass is 35.5. The highest BCUT2D eigenvalue weighted by molar-refractivity contribution is 6.32. The summed E-state index contributed by atoms with van der Waals surface area (Å²) in [6.07, 6.45) is 0. The van der Waals surface area contributed by atoms with Crippen molar-refractivity contribution in [2.45, 2.75) is 13.5 Å². The lowest BCUT2D eigenvalue weighted by Crippen LogP contribution is -2.04. The molecule has 0 spiro atoms. The average molecular weight is 211 g/mol. The van der Waals surface area contributed by atoms with Crippen molar-refractivity contribution < 1.29 is 17.9 Å². The fraction of sp³-hybridized carbons (Fsp3) is 0.250. The Balaban J connectivity index is 3.10. The van der Waals surface area contributed by atoms with Crippen LogP contribution in [0.15, 0.2) is 12.1 Å². The van der Waals surface area contributed by atoms with Gasteiger partial charge in [0, 0.05) is 0 Å². The van der Waals surface area contributed by atoms with Crippen LogP contribution in [-0.4, -0.2) is 6.61 Å². The number of hydrogen-bond acceptors (Lipinski definition) is 1. The van der Waals surface area contributed by atoms with E-state index in [1.165, 1.54) is 6.07 Å². The molecule has 1 rings (SSSR count). The summed E-state index contributed by atoms with van der Waals surface area (Å²) in [5, 5.41) is -0.125. The van der Waals surface area contributed by atoms with E-state index in [4.69, 9.17) is 11.6 Å². The smallest absolute Gasteiger partial charge is 0.387 e. The van der Waals surface area contributed by atoms with Crippen molar-refractivity contribution in [3.05, 3.63) is 28.5 Å². The van der Waals surface area contributed by atoms with Crippen LogP contribution < -0.4 is 4.74 Å². The predicted octanol–water partition coefficient (Wildman–Crippen LogP) is 3.39. The molecule has 0 radical (unpaired) electrons. The molecule has 0 N–H and O–H groups in total. The molecule has 0 aliphatic carbocycles. The van der Waals surface area contributed by atoms with Gasteiger partial charge < -0.3 is 4.74 Å². The molecule has 0 bridgehead atoms. The Morgan fingerprint density at radius 1 is 1.38 bits per heavy atom. The normalized spacial score (nSPS) is 10.6. The molecule has 72 valence electrons. The summed E-state index contributed by atoms with van der Waals surface area (Å²) in [7, 11) is 0. The van der Waals surface area contributed by atoms with Gasteiger partial charge in [0.05, 0.1) is 5.02 Å². The molecule has 5 heteroatoms. The molecule has 0 aromatic heterocycles. The minimum Gasteiger partial charge on any atom is -0.430 e. The van der Waals surface area contributed by atoms with Crippen LogP contribution in [0.4, 0.5) is 13.2 Å². The summed E-state index contributed by atoms with van der Waals surface area (Å²) in [5.74, 6) is -1.49. The SMILES string of the molecule is Cc1ccc(F)c(OC(F)F)c1Cl. The molecular weight excluding hydrogens is 205 g/mol. The zero-order chi connectivity index (χ0) is 10.0. The molecule has 13 heavy (non-hydrogen) atoms. The van der Waals surface area contributed by atoms with E-state index < -0.39 is 18.2 Å². The van der Waals surface area contributed by atoms with Crippen LogP contribution in [-0.2, 0) is 0 Å². The largest absolute Gasteiger partial charge is 0.430 e. The van der Waals surface area contributed by atoms with Gasteiger partial charge in [-0.2, -0.15) is 8.78 Å². The van der Waals surface area contributed by atoms with Gasteiger partial charge in [-0.3, -0.25) is 0 Å². The van der Waals surface area contributed by atoms with E-state index in [2.05, 4.69) is 4.74 Å². The Kier molecular flexibility index (Phi) is 3.03. The van der Waals surface area contributed by atoms with E-state index in [-0.39, 0.29) is 5.02 Å². The number of ether oxygens (including phenoxy) is 1. The Labute approximate surface area is 78.1 Å². The molecule has 0 atom stereocenters. The zero-order valence-corrected chi connectivity index (χ0v) is 7.41. The maximum Gasteiger partial charge on any atom is 0.387 e. The minimum absolute atomic E-state index is 0.125. The second-order valence-electron chi connectivity index (χ2n) is 2.39. The van der Waals surface area contributed by atoms with E-state index in [0.29, 0.717) is 5.56 Å². The van der Waals surface area contributed by atoms with E-state index in [0.717, 1.165) is 6.07 Å². The van der Waals surface area contributed by atoms with E-state index >= 15 is 0 Å².